The summed E-state index contributed by atoms with van der Waals surface area (Å²) < 4.78 is 0. The predicted molar refractivity (Wildman–Crippen MR) is 48.9 cm³/mol. The molecule has 0 fully saturated rings. The Balaban J connectivity index is 2.36. The fraction of sp³-hybridized carbons (Fsp3) is 0.111. The van der Waals surface area contributed by atoms with Gasteiger partial charge in [-0.05, 0) is 5.56 Å². The monoisotopic (exact) mass is 175 g/mol. The molecular formula is C9H9N3O. The van der Waals surface area contributed by atoms with E-state index in [1.54, 1.807) is 0 Å². The largest absolute Gasteiger partial charge is 0.385 e. The summed E-state index contributed by atoms with van der Waals surface area (Å²) in [5.74, 6) is -0.249. The number of amidine groups is 1. The molecular weight excluding hydrogens is 166 g/mol. The van der Waals surface area contributed by atoms with Crippen molar-refractivity contribution < 1.29 is 4.79 Å². The van der Waals surface area contributed by atoms with Crippen LogP contribution in [0.4, 0.5) is 0 Å². The number of nitrogens with zero attached hydrogens (tertiary/aromatic N) is 1. The van der Waals surface area contributed by atoms with Crippen molar-refractivity contribution in [1.29, 1.82) is 0 Å². The van der Waals surface area contributed by atoms with Gasteiger partial charge in [-0.15, -0.1) is 0 Å². The molecule has 1 aromatic carbocycles. The van der Waals surface area contributed by atoms with Crippen molar-refractivity contribution in [1.82, 2.24) is 5.43 Å². The minimum atomic E-state index is -0.416. The molecule has 3 N–H and O–H groups in total. The van der Waals surface area contributed by atoms with Crippen molar-refractivity contribution in [2.24, 2.45) is 10.8 Å². The standard InChI is InChI=1S/C9H9N3O/c10-8-7(9(13)12-11-8)6-4-2-1-3-5-6/h1-5,7H,(H2,10,11)(H,12,13). The molecule has 0 radical (unpaired) electrons. The minimum Gasteiger partial charge on any atom is -0.385 e. The summed E-state index contributed by atoms with van der Waals surface area (Å²) in [7, 11) is 0. The average Bonchev–Trinajstić information content (AvgIpc) is 2.48. The number of amides is 1. The van der Waals surface area contributed by atoms with Gasteiger partial charge < -0.3 is 5.73 Å². The van der Waals surface area contributed by atoms with Crippen LogP contribution in [0.1, 0.15) is 11.5 Å². The first-order valence-electron chi connectivity index (χ1n) is 3.97. The van der Waals surface area contributed by atoms with Crippen molar-refractivity contribution in [3.63, 3.8) is 0 Å². The Labute approximate surface area is 75.4 Å². The summed E-state index contributed by atoms with van der Waals surface area (Å²) in [6, 6.07) is 9.35. The van der Waals surface area contributed by atoms with Gasteiger partial charge in [-0.25, -0.2) is 5.43 Å². The molecule has 0 saturated carbocycles. The molecule has 0 aromatic heterocycles. The SMILES string of the molecule is NC1=NNC(=O)C1c1ccccc1. The van der Waals surface area contributed by atoms with Crippen molar-refractivity contribution in [3.8, 4) is 0 Å². The van der Waals surface area contributed by atoms with E-state index in [1.807, 2.05) is 30.3 Å². The van der Waals surface area contributed by atoms with Gasteiger partial charge in [-0.2, -0.15) is 5.10 Å². The third-order valence-electron chi connectivity index (χ3n) is 1.99. The molecule has 66 valence electrons. The highest BCUT2D eigenvalue weighted by atomic mass is 16.2. The summed E-state index contributed by atoms with van der Waals surface area (Å²) in [4.78, 5) is 11.3. The molecule has 0 spiro atoms. The van der Waals surface area contributed by atoms with E-state index in [2.05, 4.69) is 10.5 Å². The maximum Gasteiger partial charge on any atom is 0.255 e. The van der Waals surface area contributed by atoms with Gasteiger partial charge >= 0.3 is 0 Å². The van der Waals surface area contributed by atoms with Gasteiger partial charge in [-0.1, -0.05) is 30.3 Å². The molecule has 4 heteroatoms. The quantitative estimate of drug-likeness (QED) is 0.639. The Morgan fingerprint density at radius 1 is 1.31 bits per heavy atom. The van der Waals surface area contributed by atoms with E-state index in [-0.39, 0.29) is 5.91 Å². The molecule has 1 unspecified atom stereocenters. The van der Waals surface area contributed by atoms with Crippen molar-refractivity contribution >= 4 is 11.7 Å². The smallest absolute Gasteiger partial charge is 0.255 e. The number of carbonyl (C=O) groups excluding carboxylic acids is 1. The highest BCUT2D eigenvalue weighted by molar-refractivity contribution is 6.10. The molecule has 2 rings (SSSR count). The topological polar surface area (TPSA) is 67.5 Å². The minimum absolute atomic E-state index is 0.163. The van der Waals surface area contributed by atoms with Crippen LogP contribution in [-0.4, -0.2) is 11.7 Å². The summed E-state index contributed by atoms with van der Waals surface area (Å²) in [6.07, 6.45) is 0. The second-order valence-corrected chi connectivity index (χ2v) is 2.86. The Morgan fingerprint density at radius 3 is 2.54 bits per heavy atom. The van der Waals surface area contributed by atoms with Crippen LogP contribution < -0.4 is 11.2 Å². The van der Waals surface area contributed by atoms with Crippen molar-refractivity contribution in [3.05, 3.63) is 35.9 Å². The van der Waals surface area contributed by atoms with E-state index >= 15 is 0 Å². The van der Waals surface area contributed by atoms with Crippen LogP contribution in [0.3, 0.4) is 0 Å². The van der Waals surface area contributed by atoms with Gasteiger partial charge in [0.1, 0.15) is 11.8 Å². The van der Waals surface area contributed by atoms with E-state index in [4.69, 9.17) is 5.73 Å². The lowest BCUT2D eigenvalue weighted by Crippen LogP contribution is -2.25. The van der Waals surface area contributed by atoms with Gasteiger partial charge in [0.25, 0.3) is 5.91 Å². The molecule has 1 atom stereocenters. The summed E-state index contributed by atoms with van der Waals surface area (Å²) >= 11 is 0. The summed E-state index contributed by atoms with van der Waals surface area (Å²) in [6.45, 7) is 0. The zero-order valence-corrected chi connectivity index (χ0v) is 6.90. The molecule has 4 nitrogen and oxygen atoms in total. The molecule has 1 aromatic rings. The number of benzene rings is 1. The zero-order chi connectivity index (χ0) is 9.26. The van der Waals surface area contributed by atoms with E-state index in [9.17, 15) is 4.79 Å². The van der Waals surface area contributed by atoms with Crippen molar-refractivity contribution in [2.45, 2.75) is 5.92 Å². The maximum atomic E-state index is 11.3. The lowest BCUT2D eigenvalue weighted by atomic mass is 9.98. The van der Waals surface area contributed by atoms with Crippen LogP contribution in [0.15, 0.2) is 35.4 Å². The molecule has 1 aliphatic heterocycles. The molecule has 1 aliphatic rings. The van der Waals surface area contributed by atoms with Gasteiger partial charge in [0.2, 0.25) is 0 Å². The van der Waals surface area contributed by atoms with Crippen LogP contribution in [0.5, 0.6) is 0 Å². The number of nitrogens with two attached hydrogens (primary N) is 1. The molecule has 1 heterocycles. The highest BCUT2D eigenvalue weighted by Crippen LogP contribution is 2.18. The van der Waals surface area contributed by atoms with E-state index in [1.165, 1.54) is 0 Å². The fourth-order valence-corrected chi connectivity index (χ4v) is 1.35. The molecule has 1 amide bonds. The number of rotatable bonds is 1. The van der Waals surface area contributed by atoms with Crippen molar-refractivity contribution in [2.75, 3.05) is 0 Å². The van der Waals surface area contributed by atoms with Gasteiger partial charge in [-0.3, -0.25) is 4.79 Å². The lowest BCUT2D eigenvalue weighted by molar-refractivity contribution is -0.120. The second-order valence-electron chi connectivity index (χ2n) is 2.86. The molecule has 0 aliphatic carbocycles. The second kappa shape index (κ2) is 2.90. The number of hydrazone groups is 1. The first-order chi connectivity index (χ1) is 6.29. The lowest BCUT2D eigenvalue weighted by Gasteiger charge is -2.06. The summed E-state index contributed by atoms with van der Waals surface area (Å²) in [5.41, 5.74) is 8.78. The van der Waals surface area contributed by atoms with E-state index in [0.29, 0.717) is 5.84 Å². The molecule has 0 saturated heterocycles. The van der Waals surface area contributed by atoms with Gasteiger partial charge in [0, 0.05) is 0 Å². The Bertz CT molecular complexity index is 358. The Kier molecular flexibility index (Phi) is 1.73. The zero-order valence-electron chi connectivity index (χ0n) is 6.90. The predicted octanol–water partition coefficient (Wildman–Crippen LogP) is 0.172. The van der Waals surface area contributed by atoms with Crippen LogP contribution in [-0.2, 0) is 4.79 Å². The number of nitrogens with one attached hydrogen (secondary N) is 1. The van der Waals surface area contributed by atoms with E-state index < -0.39 is 5.92 Å². The first kappa shape index (κ1) is 7.79. The van der Waals surface area contributed by atoms with Crippen LogP contribution >= 0.6 is 0 Å². The van der Waals surface area contributed by atoms with Crippen LogP contribution in [0, 0.1) is 0 Å². The highest BCUT2D eigenvalue weighted by Gasteiger charge is 2.29. The third-order valence-corrected chi connectivity index (χ3v) is 1.99. The third kappa shape index (κ3) is 1.26. The molecule has 0 bridgehead atoms. The molecule has 13 heavy (non-hydrogen) atoms. The Morgan fingerprint density at radius 2 is 2.00 bits per heavy atom. The maximum absolute atomic E-state index is 11.3. The summed E-state index contributed by atoms with van der Waals surface area (Å²) in [5, 5.41) is 3.67. The van der Waals surface area contributed by atoms with Crippen LogP contribution in [0.25, 0.3) is 0 Å². The van der Waals surface area contributed by atoms with Gasteiger partial charge in [0.05, 0.1) is 0 Å². The average molecular weight is 175 g/mol. The normalized spacial score (nSPS) is 21.1. The number of hydrogen-bond donors (Lipinski definition) is 2. The van der Waals surface area contributed by atoms with Crippen LogP contribution in [0.2, 0.25) is 0 Å². The number of carbonyl (C=O) groups is 1. The van der Waals surface area contributed by atoms with Gasteiger partial charge in [0.15, 0.2) is 0 Å². The number of hydrogen-bond acceptors (Lipinski definition) is 3. The first-order valence-corrected chi connectivity index (χ1v) is 3.97. The Hall–Kier alpha value is -1.84. The van der Waals surface area contributed by atoms with E-state index in [0.717, 1.165) is 5.56 Å². The fourth-order valence-electron chi connectivity index (χ4n) is 1.35.